The Hall–Kier alpha value is -4.31. The van der Waals surface area contributed by atoms with Gasteiger partial charge in [0.15, 0.2) is 11.6 Å². The van der Waals surface area contributed by atoms with E-state index in [1.54, 1.807) is 34.5 Å². The van der Waals surface area contributed by atoms with Crippen LogP contribution in [0, 0.1) is 0 Å². The van der Waals surface area contributed by atoms with Gasteiger partial charge in [0.05, 0.1) is 40.2 Å². The van der Waals surface area contributed by atoms with Crippen LogP contribution in [0.4, 0.5) is 4.39 Å². The van der Waals surface area contributed by atoms with Gasteiger partial charge in [-0.1, -0.05) is 18.2 Å². The number of aromatic nitrogens is 4. The third-order valence-electron chi connectivity index (χ3n) is 7.35. The molecule has 2 atom stereocenters. The molecule has 1 amide bonds. The summed E-state index contributed by atoms with van der Waals surface area (Å²) in [5.74, 6) is -0.646. The second kappa shape index (κ2) is 10.7. The van der Waals surface area contributed by atoms with E-state index in [9.17, 15) is 18.8 Å². The van der Waals surface area contributed by atoms with Gasteiger partial charge in [-0.2, -0.15) is 10.2 Å². The van der Waals surface area contributed by atoms with Crippen molar-refractivity contribution >= 4 is 49.9 Å². The van der Waals surface area contributed by atoms with Gasteiger partial charge in [-0.25, -0.2) is 9.37 Å². The molecule has 0 N–H and O–H groups in total. The quantitative estimate of drug-likeness (QED) is 0.249. The fourth-order valence-electron chi connectivity index (χ4n) is 5.38. The Morgan fingerprint density at radius 3 is 2.70 bits per heavy atom. The van der Waals surface area contributed by atoms with Gasteiger partial charge in [0.25, 0.3) is 0 Å². The number of fused-ring (bicyclic) bond motifs is 2. The van der Waals surface area contributed by atoms with Crippen LogP contribution in [0.1, 0.15) is 35.1 Å². The standard InChI is InChI=1S/C30H26FN5O3S/c1-18(37)23-16-35(25-7-6-19(12-22(23)25)20-10-11-32-33-14-20)17-30(39)36-15-21(31)13-26(36)27(38)8-9-29-34-24-4-2-3-5-28(24)40-29/h2-7,10-12,14,16,21,26H,8-9,13,15,17H2,1H3/t21-,26+/m1/s1. The van der Waals surface area contributed by atoms with E-state index < -0.39 is 12.2 Å². The van der Waals surface area contributed by atoms with E-state index in [-0.39, 0.29) is 43.4 Å². The predicted molar refractivity (Wildman–Crippen MR) is 151 cm³/mol. The molecule has 1 aliphatic rings. The highest BCUT2D eigenvalue weighted by molar-refractivity contribution is 7.18. The number of thiazole rings is 1. The minimum Gasteiger partial charge on any atom is -0.337 e. The van der Waals surface area contributed by atoms with Gasteiger partial charge in [0.2, 0.25) is 5.91 Å². The number of hydrogen-bond acceptors (Lipinski definition) is 7. The molecule has 1 fully saturated rings. The molecule has 40 heavy (non-hydrogen) atoms. The number of rotatable bonds is 8. The summed E-state index contributed by atoms with van der Waals surface area (Å²) in [5, 5.41) is 9.29. The molecule has 1 aliphatic heterocycles. The van der Waals surface area contributed by atoms with E-state index in [1.807, 2.05) is 48.5 Å². The summed E-state index contributed by atoms with van der Waals surface area (Å²) >= 11 is 1.54. The van der Waals surface area contributed by atoms with Gasteiger partial charge in [-0.05, 0) is 42.8 Å². The Balaban J connectivity index is 1.21. The summed E-state index contributed by atoms with van der Waals surface area (Å²) in [7, 11) is 0. The van der Waals surface area contributed by atoms with Gasteiger partial charge in [0.1, 0.15) is 12.7 Å². The van der Waals surface area contributed by atoms with E-state index in [1.165, 1.54) is 11.8 Å². The van der Waals surface area contributed by atoms with Crippen LogP contribution in [-0.2, 0) is 22.6 Å². The lowest BCUT2D eigenvalue weighted by molar-refractivity contribution is -0.138. The molecule has 5 aromatic rings. The minimum atomic E-state index is -1.26. The summed E-state index contributed by atoms with van der Waals surface area (Å²) in [6, 6.07) is 14.5. The highest BCUT2D eigenvalue weighted by Gasteiger charge is 2.39. The van der Waals surface area contributed by atoms with Crippen molar-refractivity contribution in [3.05, 3.63) is 77.7 Å². The van der Waals surface area contributed by atoms with Gasteiger partial charge in [-0.3, -0.25) is 14.4 Å². The molecule has 0 aliphatic carbocycles. The number of benzene rings is 2. The Kier molecular flexibility index (Phi) is 6.93. The van der Waals surface area contributed by atoms with Gasteiger partial charge < -0.3 is 9.47 Å². The molecule has 4 heterocycles. The summed E-state index contributed by atoms with van der Waals surface area (Å²) in [5.41, 5.74) is 3.81. The second-order valence-electron chi connectivity index (χ2n) is 10.0. The van der Waals surface area contributed by atoms with Crippen molar-refractivity contribution in [3.63, 3.8) is 0 Å². The van der Waals surface area contributed by atoms with Crippen LogP contribution in [0.5, 0.6) is 0 Å². The second-order valence-corrected chi connectivity index (χ2v) is 11.1. The third-order valence-corrected chi connectivity index (χ3v) is 8.45. The van der Waals surface area contributed by atoms with E-state index in [0.29, 0.717) is 22.9 Å². The van der Waals surface area contributed by atoms with Crippen molar-refractivity contribution in [1.82, 2.24) is 24.6 Å². The zero-order chi connectivity index (χ0) is 27.8. The SMILES string of the molecule is CC(=O)c1cn(CC(=O)N2C[C@H](F)C[C@H]2C(=O)CCc2nc3ccccc3s2)c2ccc(-c3ccnnc3)cc12. The number of para-hydroxylation sites is 1. The van der Waals surface area contributed by atoms with Crippen molar-refractivity contribution in [3.8, 4) is 11.1 Å². The first-order chi connectivity index (χ1) is 19.4. The normalized spacial score (nSPS) is 17.1. The fraction of sp³-hybridized carbons (Fsp3) is 0.267. The average molecular weight is 556 g/mol. The summed E-state index contributed by atoms with van der Waals surface area (Å²) in [6.07, 6.45) is 4.28. The number of alkyl halides is 1. The third kappa shape index (κ3) is 5.02. The Bertz CT molecular complexity index is 1720. The molecule has 3 aromatic heterocycles. The summed E-state index contributed by atoms with van der Waals surface area (Å²) in [4.78, 5) is 45.0. The van der Waals surface area contributed by atoms with Crippen LogP contribution in [-0.4, -0.2) is 60.9 Å². The number of amides is 1. The van der Waals surface area contributed by atoms with Crippen molar-refractivity contribution in [2.75, 3.05) is 6.54 Å². The summed E-state index contributed by atoms with van der Waals surface area (Å²) < 4.78 is 17.3. The molecular formula is C30H26FN5O3S. The molecule has 202 valence electrons. The number of halogens is 1. The first-order valence-corrected chi connectivity index (χ1v) is 13.9. The molecule has 0 unspecified atom stereocenters. The average Bonchev–Trinajstić information content (AvgIpc) is 3.66. The first kappa shape index (κ1) is 25.9. The molecule has 0 saturated carbocycles. The number of ketones is 2. The van der Waals surface area contributed by atoms with E-state index in [2.05, 4.69) is 15.2 Å². The van der Waals surface area contributed by atoms with Gasteiger partial charge in [0, 0.05) is 47.5 Å². The predicted octanol–water partition coefficient (Wildman–Crippen LogP) is 5.05. The summed E-state index contributed by atoms with van der Waals surface area (Å²) in [6.45, 7) is 1.26. The molecule has 0 spiro atoms. The topological polar surface area (TPSA) is 98.1 Å². The zero-order valence-electron chi connectivity index (χ0n) is 21.8. The number of hydrogen-bond donors (Lipinski definition) is 0. The fourth-order valence-corrected chi connectivity index (χ4v) is 6.34. The van der Waals surface area contributed by atoms with Crippen molar-refractivity contribution in [2.24, 2.45) is 0 Å². The van der Waals surface area contributed by atoms with E-state index >= 15 is 0 Å². The Labute approximate surface area is 233 Å². The lowest BCUT2D eigenvalue weighted by atomic mass is 10.0. The van der Waals surface area contributed by atoms with Crippen LogP contribution in [0.3, 0.4) is 0 Å². The highest BCUT2D eigenvalue weighted by atomic mass is 32.1. The van der Waals surface area contributed by atoms with Crippen molar-refractivity contribution < 1.29 is 18.8 Å². The number of nitrogens with zero attached hydrogens (tertiary/aromatic N) is 5. The van der Waals surface area contributed by atoms with E-state index in [0.717, 1.165) is 26.4 Å². The van der Waals surface area contributed by atoms with Crippen LogP contribution < -0.4 is 0 Å². The first-order valence-electron chi connectivity index (χ1n) is 13.1. The van der Waals surface area contributed by atoms with Crippen molar-refractivity contribution in [1.29, 1.82) is 0 Å². The zero-order valence-corrected chi connectivity index (χ0v) is 22.6. The molecule has 0 radical (unpaired) electrons. The Morgan fingerprint density at radius 1 is 1.07 bits per heavy atom. The number of aryl methyl sites for hydroxylation is 1. The number of likely N-dealkylation sites (tertiary alicyclic amines) is 1. The number of carbonyl (C=O) groups is 3. The molecule has 8 nitrogen and oxygen atoms in total. The molecule has 1 saturated heterocycles. The molecule has 10 heteroatoms. The maximum atomic E-state index is 14.5. The molecule has 6 rings (SSSR count). The van der Waals surface area contributed by atoms with Crippen LogP contribution in [0.2, 0.25) is 0 Å². The van der Waals surface area contributed by atoms with Gasteiger partial charge >= 0.3 is 0 Å². The molecular weight excluding hydrogens is 529 g/mol. The number of carbonyl (C=O) groups excluding carboxylic acids is 3. The molecule has 2 aromatic carbocycles. The van der Waals surface area contributed by atoms with E-state index in [4.69, 9.17) is 0 Å². The largest absolute Gasteiger partial charge is 0.337 e. The van der Waals surface area contributed by atoms with Gasteiger partial charge in [-0.15, -0.1) is 11.3 Å². The smallest absolute Gasteiger partial charge is 0.243 e. The monoisotopic (exact) mass is 555 g/mol. The minimum absolute atomic E-state index is 0.00112. The van der Waals surface area contributed by atoms with Crippen LogP contribution in [0.15, 0.2) is 67.1 Å². The number of Topliss-reactive ketones (excluding diaryl/α,β-unsaturated/α-hetero) is 2. The van der Waals surface area contributed by atoms with Crippen molar-refractivity contribution in [2.45, 2.75) is 44.9 Å². The van der Waals surface area contributed by atoms with Crippen LogP contribution >= 0.6 is 11.3 Å². The molecule has 0 bridgehead atoms. The lowest BCUT2D eigenvalue weighted by Crippen LogP contribution is -2.42. The van der Waals surface area contributed by atoms with Crippen LogP contribution in [0.25, 0.3) is 32.2 Å². The highest BCUT2D eigenvalue weighted by Crippen LogP contribution is 2.30. The lowest BCUT2D eigenvalue weighted by Gasteiger charge is -2.23. The Morgan fingerprint density at radius 2 is 1.93 bits per heavy atom. The maximum Gasteiger partial charge on any atom is 0.243 e. The maximum absolute atomic E-state index is 14.5.